The lowest BCUT2D eigenvalue weighted by Gasteiger charge is -2.31. The fraction of sp³-hybridized carbons (Fsp3) is 0.387. The van der Waals surface area contributed by atoms with Crippen LogP contribution in [0.1, 0.15) is 32.4 Å². The van der Waals surface area contributed by atoms with Crippen LogP contribution < -0.4 is 25.2 Å². The summed E-state index contributed by atoms with van der Waals surface area (Å²) in [6.45, 7) is 10.7. The molecular weight excluding hydrogens is 502 g/mol. The van der Waals surface area contributed by atoms with E-state index in [4.69, 9.17) is 4.74 Å². The summed E-state index contributed by atoms with van der Waals surface area (Å²) >= 11 is 0. The van der Waals surface area contributed by atoms with Crippen LogP contribution in [0.3, 0.4) is 0 Å². The Labute approximate surface area is 236 Å². The normalized spacial score (nSPS) is 17.6. The van der Waals surface area contributed by atoms with Gasteiger partial charge < -0.3 is 30.1 Å². The number of hydrogen-bond donors (Lipinski definition) is 2. The Balaban J connectivity index is 1.49. The van der Waals surface area contributed by atoms with Crippen molar-refractivity contribution >= 4 is 40.2 Å². The van der Waals surface area contributed by atoms with E-state index in [9.17, 15) is 4.79 Å². The zero-order valence-corrected chi connectivity index (χ0v) is 24.1. The van der Waals surface area contributed by atoms with Gasteiger partial charge in [-0.15, -0.1) is 0 Å². The molecular formula is C31H39N7O2. The van der Waals surface area contributed by atoms with Crippen molar-refractivity contribution in [2.75, 3.05) is 61.3 Å². The number of methoxy groups -OCH3 is 1. The van der Waals surface area contributed by atoms with Crippen LogP contribution in [0.4, 0.5) is 34.3 Å². The molecule has 40 heavy (non-hydrogen) atoms. The minimum Gasteiger partial charge on any atom is -0.494 e. The van der Waals surface area contributed by atoms with Crippen molar-refractivity contribution in [2.24, 2.45) is 0 Å². The van der Waals surface area contributed by atoms with Crippen LogP contribution in [0, 0.1) is 0 Å². The fourth-order valence-corrected chi connectivity index (χ4v) is 5.84. The first kappa shape index (κ1) is 27.5. The molecule has 0 spiro atoms. The monoisotopic (exact) mass is 541 g/mol. The van der Waals surface area contributed by atoms with Gasteiger partial charge in [-0.3, -0.25) is 9.78 Å². The fourth-order valence-electron chi connectivity index (χ4n) is 5.84. The zero-order chi connectivity index (χ0) is 28.4. The smallest absolute Gasteiger partial charge is 0.247 e. The van der Waals surface area contributed by atoms with E-state index in [0.29, 0.717) is 29.0 Å². The second-order valence-corrected chi connectivity index (χ2v) is 11.4. The first-order valence-corrected chi connectivity index (χ1v) is 13.7. The van der Waals surface area contributed by atoms with Crippen LogP contribution in [-0.2, 0) is 10.2 Å². The lowest BCUT2D eigenvalue weighted by Crippen LogP contribution is -2.38. The van der Waals surface area contributed by atoms with E-state index in [1.807, 2.05) is 36.5 Å². The van der Waals surface area contributed by atoms with E-state index in [-0.39, 0.29) is 11.3 Å². The number of aromatic nitrogens is 2. The van der Waals surface area contributed by atoms with Crippen molar-refractivity contribution in [3.05, 3.63) is 67.1 Å². The lowest BCUT2D eigenvalue weighted by atomic mass is 9.91. The predicted molar refractivity (Wildman–Crippen MR) is 163 cm³/mol. The van der Waals surface area contributed by atoms with Crippen molar-refractivity contribution in [2.45, 2.75) is 38.1 Å². The summed E-state index contributed by atoms with van der Waals surface area (Å²) in [5.41, 5.74) is 5.52. The highest BCUT2D eigenvalue weighted by Crippen LogP contribution is 2.44. The molecule has 2 aliphatic heterocycles. The summed E-state index contributed by atoms with van der Waals surface area (Å²) < 4.78 is 5.85. The summed E-state index contributed by atoms with van der Waals surface area (Å²) in [6, 6.07) is 12.4. The number of rotatable bonds is 9. The number of carbonyl (C=O) groups is 1. The molecule has 2 aliphatic rings. The van der Waals surface area contributed by atoms with Gasteiger partial charge in [0.1, 0.15) is 11.6 Å². The summed E-state index contributed by atoms with van der Waals surface area (Å²) in [4.78, 5) is 28.6. The molecule has 1 atom stereocenters. The zero-order valence-electron chi connectivity index (χ0n) is 24.1. The summed E-state index contributed by atoms with van der Waals surface area (Å²) in [7, 11) is 5.83. The van der Waals surface area contributed by atoms with E-state index >= 15 is 0 Å². The quantitative estimate of drug-likeness (QED) is 0.353. The highest BCUT2D eigenvalue weighted by atomic mass is 16.5. The lowest BCUT2D eigenvalue weighted by molar-refractivity contribution is -0.111. The number of nitrogens with one attached hydrogen (secondary N) is 2. The topological polar surface area (TPSA) is 85.9 Å². The van der Waals surface area contributed by atoms with Gasteiger partial charge in [0.05, 0.1) is 35.6 Å². The molecule has 5 rings (SSSR count). The van der Waals surface area contributed by atoms with E-state index in [1.165, 1.54) is 6.08 Å². The molecule has 210 valence electrons. The predicted octanol–water partition coefficient (Wildman–Crippen LogP) is 5.31. The number of ether oxygens (including phenoxy) is 1. The van der Waals surface area contributed by atoms with Crippen LogP contribution in [0.5, 0.6) is 5.75 Å². The Morgan fingerprint density at radius 2 is 2.00 bits per heavy atom. The van der Waals surface area contributed by atoms with Gasteiger partial charge in [-0.05, 0) is 57.3 Å². The van der Waals surface area contributed by atoms with E-state index in [1.54, 1.807) is 13.3 Å². The van der Waals surface area contributed by atoms with Crippen LogP contribution in [0.25, 0.3) is 0 Å². The minimum absolute atomic E-state index is 0.0647. The molecule has 9 heteroatoms. The Bertz CT molecular complexity index is 1400. The minimum atomic E-state index is -0.259. The molecule has 1 aromatic carbocycles. The van der Waals surface area contributed by atoms with Crippen LogP contribution >= 0.6 is 0 Å². The molecule has 3 aromatic rings. The van der Waals surface area contributed by atoms with Gasteiger partial charge >= 0.3 is 0 Å². The number of benzene rings is 1. The maximum absolute atomic E-state index is 12.4. The number of amides is 1. The summed E-state index contributed by atoms with van der Waals surface area (Å²) in [5, 5.41) is 6.46. The largest absolute Gasteiger partial charge is 0.494 e. The molecule has 2 aromatic heterocycles. The number of pyridine rings is 2. The average molecular weight is 542 g/mol. The highest BCUT2D eigenvalue weighted by molar-refractivity contribution is 6.02. The molecule has 1 saturated heterocycles. The number of likely N-dealkylation sites (N-methyl/N-ethyl adjacent to an activating group) is 1. The third-order valence-electron chi connectivity index (χ3n) is 7.61. The van der Waals surface area contributed by atoms with Gasteiger partial charge in [0.25, 0.3) is 0 Å². The molecule has 0 radical (unpaired) electrons. The summed E-state index contributed by atoms with van der Waals surface area (Å²) in [5.74, 6) is 1.09. The van der Waals surface area contributed by atoms with Gasteiger partial charge in [-0.1, -0.05) is 20.4 Å². The standard InChI is InChI=1S/C31H39N7O2/c1-7-29(39)35-23-17-24(27(40-6)18-26(23)37-15-9-10-22(37)19-36(4)5)34-28-16-21(12-14-32-28)38-20-31(2,3)30-25(38)11-8-13-33-30/h7-8,11-14,16-18,22H,1,9-10,15,19-20H2,2-6H3,(H,32,34)(H,35,39). The molecule has 9 nitrogen and oxygen atoms in total. The molecule has 4 heterocycles. The second-order valence-electron chi connectivity index (χ2n) is 11.4. The first-order chi connectivity index (χ1) is 19.2. The van der Waals surface area contributed by atoms with Crippen molar-refractivity contribution in [3.63, 3.8) is 0 Å². The van der Waals surface area contributed by atoms with Crippen LogP contribution in [0.2, 0.25) is 0 Å². The Kier molecular flexibility index (Phi) is 7.67. The third-order valence-corrected chi connectivity index (χ3v) is 7.61. The van der Waals surface area contributed by atoms with Gasteiger partial charge in [0.15, 0.2) is 0 Å². The second kappa shape index (κ2) is 11.2. The molecule has 1 unspecified atom stereocenters. The SMILES string of the molecule is C=CC(=O)Nc1cc(Nc2cc(N3CC(C)(C)c4ncccc43)ccn2)c(OC)cc1N1CCCC1CN(C)C. The Morgan fingerprint density at radius 1 is 1.18 bits per heavy atom. The molecule has 1 amide bonds. The van der Waals surface area contributed by atoms with Crippen molar-refractivity contribution < 1.29 is 9.53 Å². The van der Waals surface area contributed by atoms with Crippen LogP contribution in [0.15, 0.2) is 61.4 Å². The first-order valence-electron chi connectivity index (χ1n) is 13.7. The van der Waals surface area contributed by atoms with Gasteiger partial charge in [0, 0.05) is 61.3 Å². The average Bonchev–Trinajstić information content (AvgIpc) is 3.50. The van der Waals surface area contributed by atoms with Gasteiger partial charge in [-0.25, -0.2) is 4.98 Å². The van der Waals surface area contributed by atoms with E-state index in [0.717, 1.165) is 55.2 Å². The Hall–Kier alpha value is -4.11. The molecule has 0 saturated carbocycles. The highest BCUT2D eigenvalue weighted by Gasteiger charge is 2.37. The number of fused-ring (bicyclic) bond motifs is 1. The number of hydrogen-bond acceptors (Lipinski definition) is 8. The number of anilines is 6. The molecule has 0 aliphatic carbocycles. The summed E-state index contributed by atoms with van der Waals surface area (Å²) in [6.07, 6.45) is 7.14. The van der Waals surface area contributed by atoms with Crippen molar-refractivity contribution in [1.82, 2.24) is 14.9 Å². The van der Waals surface area contributed by atoms with Crippen molar-refractivity contribution in [1.29, 1.82) is 0 Å². The molecule has 1 fully saturated rings. The molecule has 0 bridgehead atoms. The van der Waals surface area contributed by atoms with E-state index in [2.05, 4.69) is 75.9 Å². The third kappa shape index (κ3) is 5.47. The van der Waals surface area contributed by atoms with Gasteiger partial charge in [0.2, 0.25) is 5.91 Å². The van der Waals surface area contributed by atoms with Crippen molar-refractivity contribution in [3.8, 4) is 5.75 Å². The molecule has 2 N–H and O–H groups in total. The maximum Gasteiger partial charge on any atom is 0.247 e. The van der Waals surface area contributed by atoms with Crippen LogP contribution in [-0.4, -0.2) is 67.7 Å². The van der Waals surface area contributed by atoms with Gasteiger partial charge in [-0.2, -0.15) is 0 Å². The Morgan fingerprint density at radius 3 is 2.75 bits per heavy atom. The number of nitrogens with zero attached hydrogens (tertiary/aromatic N) is 5. The maximum atomic E-state index is 12.4. The number of carbonyl (C=O) groups excluding carboxylic acids is 1. The van der Waals surface area contributed by atoms with E-state index < -0.39 is 0 Å².